The fourth-order valence-corrected chi connectivity index (χ4v) is 3.78. The molecule has 0 spiro atoms. The molecule has 15 nitrogen and oxygen atoms in total. The Morgan fingerprint density at radius 2 is 2.00 bits per heavy atom. The number of non-ortho nitro benzene ring substituents is 1. The van der Waals surface area contributed by atoms with E-state index in [2.05, 4.69) is 26.1 Å². The fourth-order valence-electron chi connectivity index (χ4n) is 3.00. The maximum Gasteiger partial charge on any atom is 0.353 e. The highest BCUT2D eigenvalue weighted by Crippen LogP contribution is 2.20. The number of carbonyl (C=O) groups excluding carboxylic acids is 4. The van der Waals surface area contributed by atoms with Gasteiger partial charge in [0.15, 0.2) is 10.8 Å². The van der Waals surface area contributed by atoms with Crippen LogP contribution in [0, 0.1) is 10.1 Å². The summed E-state index contributed by atoms with van der Waals surface area (Å²) in [4.78, 5) is 68.8. The number of amides is 3. The van der Waals surface area contributed by atoms with Crippen LogP contribution in [-0.2, 0) is 35.4 Å². The Balaban J connectivity index is 1.75. The van der Waals surface area contributed by atoms with Crippen LogP contribution in [-0.4, -0.2) is 74.6 Å². The molecule has 3 amide bonds. The molecular weight excluding hydrogens is 560 g/mol. The predicted molar refractivity (Wildman–Crippen MR) is 137 cm³/mol. The van der Waals surface area contributed by atoms with E-state index in [1.165, 1.54) is 43.5 Å². The molecule has 208 valence electrons. The first-order valence-electron chi connectivity index (χ1n) is 11.2. The summed E-state index contributed by atoms with van der Waals surface area (Å²) in [7, 11) is 0. The van der Waals surface area contributed by atoms with E-state index in [1.807, 2.05) is 0 Å². The molecule has 2 aromatic rings. The number of oxime groups is 1. The number of carbonyl (C=O) groups is 4. The third-order valence-electron chi connectivity index (χ3n) is 5.20. The van der Waals surface area contributed by atoms with Gasteiger partial charge in [-0.2, -0.15) is 0 Å². The van der Waals surface area contributed by atoms with Gasteiger partial charge in [-0.05, 0) is 31.5 Å². The summed E-state index contributed by atoms with van der Waals surface area (Å²) in [5.74, 6) is -3.15. The van der Waals surface area contributed by atoms with Gasteiger partial charge in [0.1, 0.15) is 24.2 Å². The highest BCUT2D eigenvalue weighted by molar-refractivity contribution is 7.14. The number of benzene rings is 1. The minimum atomic E-state index is -1.71. The molecule has 0 unspecified atom stereocenters. The third kappa shape index (κ3) is 7.46. The summed E-state index contributed by atoms with van der Waals surface area (Å²) in [6, 6.07) is 3.64. The lowest BCUT2D eigenvalue weighted by Gasteiger charge is -2.35. The largest absolute Gasteiger partial charge is 0.458 e. The van der Waals surface area contributed by atoms with Gasteiger partial charge in [0.25, 0.3) is 11.6 Å². The summed E-state index contributed by atoms with van der Waals surface area (Å²) in [6.45, 7) is 2.03. The van der Waals surface area contributed by atoms with Crippen molar-refractivity contribution in [3.63, 3.8) is 0 Å². The summed E-state index contributed by atoms with van der Waals surface area (Å²) >= 11 is 6.44. The van der Waals surface area contributed by atoms with E-state index in [9.17, 15) is 34.4 Å². The van der Waals surface area contributed by atoms with Crippen molar-refractivity contribution in [3.8, 4) is 0 Å². The number of aliphatic hydroxyl groups excluding tert-OH is 1. The van der Waals surface area contributed by atoms with Crippen molar-refractivity contribution >= 4 is 63.2 Å². The van der Waals surface area contributed by atoms with Crippen molar-refractivity contribution in [1.29, 1.82) is 0 Å². The standard InChI is InChI=1S/C22H23ClN6O9S/c1-22(2,20(34)37-9-11-3-5-12(6-4-11)29(35)36)38-28-17(14-10-39-21(25-14)26-15(31)7-23)19(33)27-16-13(8-30)24-18(16)32/h3-6,10,13,16,30H,7-9H2,1-2H3,(H,24,32)(H,27,33)(H,25,26,31)/b28-17-/t13-,16+/m1/s1. The normalized spacial score (nSPS) is 16.9. The number of nitrogens with zero attached hydrogens (tertiary/aromatic N) is 3. The van der Waals surface area contributed by atoms with Gasteiger partial charge in [0.05, 0.1) is 17.6 Å². The Labute approximate surface area is 229 Å². The number of hydrogen-bond acceptors (Lipinski definition) is 12. The number of nitrogens with one attached hydrogen (secondary N) is 3. The second kappa shape index (κ2) is 12.6. The molecule has 0 aliphatic carbocycles. The molecule has 0 saturated carbocycles. The first-order chi connectivity index (χ1) is 18.4. The smallest absolute Gasteiger partial charge is 0.353 e. The minimum Gasteiger partial charge on any atom is -0.458 e. The average molecular weight is 583 g/mol. The number of nitro groups is 1. The van der Waals surface area contributed by atoms with Gasteiger partial charge in [0.2, 0.25) is 17.4 Å². The lowest BCUT2D eigenvalue weighted by molar-refractivity contribution is -0.384. The van der Waals surface area contributed by atoms with Gasteiger partial charge in [-0.1, -0.05) is 5.16 Å². The van der Waals surface area contributed by atoms with Crippen LogP contribution in [0.3, 0.4) is 0 Å². The number of thiazole rings is 1. The van der Waals surface area contributed by atoms with E-state index in [0.717, 1.165) is 11.3 Å². The van der Waals surface area contributed by atoms with Gasteiger partial charge < -0.3 is 30.6 Å². The number of halogens is 1. The van der Waals surface area contributed by atoms with Crippen LogP contribution in [0.5, 0.6) is 0 Å². The molecule has 1 aromatic carbocycles. The molecule has 1 aliphatic rings. The highest BCUT2D eigenvalue weighted by Gasteiger charge is 2.41. The number of aromatic nitrogens is 1. The second-order valence-corrected chi connectivity index (χ2v) is 9.64. The summed E-state index contributed by atoms with van der Waals surface area (Å²) in [6.07, 6.45) is 0. The number of rotatable bonds is 12. The van der Waals surface area contributed by atoms with E-state index in [-0.39, 0.29) is 29.0 Å². The Morgan fingerprint density at radius 3 is 2.59 bits per heavy atom. The van der Waals surface area contributed by atoms with E-state index in [0.29, 0.717) is 5.56 Å². The third-order valence-corrected chi connectivity index (χ3v) is 6.20. The van der Waals surface area contributed by atoms with Crippen LogP contribution in [0.4, 0.5) is 10.8 Å². The first-order valence-corrected chi connectivity index (χ1v) is 12.6. The molecule has 17 heteroatoms. The molecule has 1 aromatic heterocycles. The van der Waals surface area contributed by atoms with Crippen molar-refractivity contribution in [2.75, 3.05) is 17.8 Å². The van der Waals surface area contributed by atoms with Crippen molar-refractivity contribution in [3.05, 3.63) is 51.0 Å². The zero-order chi connectivity index (χ0) is 28.7. The highest BCUT2D eigenvalue weighted by atomic mass is 35.5. The molecule has 1 aliphatic heterocycles. The molecule has 1 fully saturated rings. The minimum absolute atomic E-state index is 0.0438. The van der Waals surface area contributed by atoms with Crippen LogP contribution in [0.1, 0.15) is 25.1 Å². The Kier molecular flexibility index (Phi) is 9.50. The van der Waals surface area contributed by atoms with Gasteiger partial charge >= 0.3 is 5.97 Å². The number of anilines is 1. The van der Waals surface area contributed by atoms with Gasteiger partial charge in [-0.25, -0.2) is 9.78 Å². The molecular formula is C22H23ClN6O9S. The van der Waals surface area contributed by atoms with Crippen LogP contribution in [0.25, 0.3) is 0 Å². The van der Waals surface area contributed by atoms with Crippen LogP contribution in [0.15, 0.2) is 34.8 Å². The van der Waals surface area contributed by atoms with E-state index in [4.69, 9.17) is 21.2 Å². The Hall–Kier alpha value is -4.15. The zero-order valence-electron chi connectivity index (χ0n) is 20.5. The number of esters is 1. The predicted octanol–water partition coefficient (Wildman–Crippen LogP) is 0.447. The van der Waals surface area contributed by atoms with Crippen LogP contribution >= 0.6 is 22.9 Å². The molecule has 2 atom stereocenters. The van der Waals surface area contributed by atoms with E-state index >= 15 is 0 Å². The summed E-state index contributed by atoms with van der Waals surface area (Å²) in [5, 5.41) is 32.7. The topological polar surface area (TPSA) is 211 Å². The molecule has 4 N–H and O–H groups in total. The number of alkyl halides is 1. The monoisotopic (exact) mass is 582 g/mol. The quantitative estimate of drug-likeness (QED) is 0.0677. The lowest BCUT2D eigenvalue weighted by atomic mass is 9.99. The summed E-state index contributed by atoms with van der Waals surface area (Å²) in [5.41, 5.74) is -1.81. The molecule has 1 saturated heterocycles. The number of aliphatic hydroxyl groups is 1. The van der Waals surface area contributed by atoms with Crippen LogP contribution < -0.4 is 16.0 Å². The SMILES string of the molecule is CC(C)(O/N=C(\C(=O)N[C@@H]1C(=O)N[C@@H]1CO)c1csc(NC(=O)CCl)n1)C(=O)OCc1ccc([N+](=O)[O-])cc1. The first kappa shape index (κ1) is 29.4. The van der Waals surface area contributed by atoms with Crippen molar-refractivity contribution in [2.24, 2.45) is 5.16 Å². The number of ether oxygens (including phenoxy) is 1. The van der Waals surface area contributed by atoms with Crippen molar-refractivity contribution in [1.82, 2.24) is 15.6 Å². The number of nitro benzene ring substituents is 1. The average Bonchev–Trinajstić information content (AvgIpc) is 3.36. The number of β-lactam (4-membered cyclic amide) rings is 1. The maximum absolute atomic E-state index is 13.0. The maximum atomic E-state index is 13.0. The number of hydrogen-bond donors (Lipinski definition) is 4. The molecule has 0 bridgehead atoms. The van der Waals surface area contributed by atoms with E-state index in [1.54, 1.807) is 0 Å². The van der Waals surface area contributed by atoms with Gasteiger partial charge in [0, 0.05) is 17.5 Å². The Bertz CT molecular complexity index is 1300. The van der Waals surface area contributed by atoms with Crippen LogP contribution in [0.2, 0.25) is 0 Å². The second-order valence-electron chi connectivity index (χ2n) is 8.51. The fraction of sp³-hybridized carbons (Fsp3) is 0.364. The molecule has 0 radical (unpaired) electrons. The zero-order valence-corrected chi connectivity index (χ0v) is 22.1. The molecule has 2 heterocycles. The van der Waals surface area contributed by atoms with E-state index < -0.39 is 58.6 Å². The van der Waals surface area contributed by atoms with Crippen molar-refractivity contribution < 1.29 is 38.8 Å². The van der Waals surface area contributed by atoms with Crippen molar-refractivity contribution in [2.45, 2.75) is 38.1 Å². The molecule has 39 heavy (non-hydrogen) atoms. The Morgan fingerprint density at radius 1 is 1.31 bits per heavy atom. The summed E-state index contributed by atoms with van der Waals surface area (Å²) < 4.78 is 5.23. The van der Waals surface area contributed by atoms with Gasteiger partial charge in [-0.15, -0.1) is 22.9 Å². The molecule has 3 rings (SSSR count). The van der Waals surface area contributed by atoms with Gasteiger partial charge in [-0.3, -0.25) is 24.5 Å². The lowest BCUT2D eigenvalue weighted by Crippen LogP contribution is -2.70.